The molecule has 0 unspecified atom stereocenters. The minimum absolute atomic E-state index is 0.166. The normalized spacial score (nSPS) is 15.8. The Kier molecular flexibility index (Phi) is 8.19. The second-order valence-corrected chi connectivity index (χ2v) is 6.76. The molecular weight excluding hydrogens is 302 g/mol. The molecule has 0 N–H and O–H groups in total. The maximum Gasteiger partial charge on any atom is 0.269 e. The van der Waals surface area contributed by atoms with Gasteiger partial charge in [-0.3, -0.25) is 15.0 Å². The van der Waals surface area contributed by atoms with E-state index in [0.717, 1.165) is 25.2 Å². The van der Waals surface area contributed by atoms with Crippen LogP contribution >= 0.6 is 0 Å². The SMILES string of the molecule is CCN(CCCCCN1CCCCC1)Cc1ccc([N+](=O)[O-])cc1. The third-order valence-electron chi connectivity index (χ3n) is 4.90. The molecule has 5 nitrogen and oxygen atoms in total. The van der Waals surface area contributed by atoms with Crippen LogP contribution in [0.1, 0.15) is 51.0 Å². The molecule has 1 aromatic rings. The van der Waals surface area contributed by atoms with Gasteiger partial charge in [0.15, 0.2) is 0 Å². The molecule has 0 atom stereocenters. The van der Waals surface area contributed by atoms with E-state index in [4.69, 9.17) is 0 Å². The van der Waals surface area contributed by atoms with Crippen molar-refractivity contribution in [1.29, 1.82) is 0 Å². The van der Waals surface area contributed by atoms with Crippen LogP contribution < -0.4 is 0 Å². The molecule has 5 heteroatoms. The maximum atomic E-state index is 10.7. The standard InChI is InChI=1S/C19H31N3O2/c1-2-20(17-18-9-11-19(12-10-18)22(23)24)13-5-3-6-14-21-15-7-4-8-16-21/h9-12H,2-8,13-17H2,1H3. The molecule has 0 radical (unpaired) electrons. The highest BCUT2D eigenvalue weighted by atomic mass is 16.6. The fourth-order valence-corrected chi connectivity index (χ4v) is 3.36. The second kappa shape index (κ2) is 10.4. The van der Waals surface area contributed by atoms with Gasteiger partial charge in [0.05, 0.1) is 4.92 Å². The smallest absolute Gasteiger partial charge is 0.269 e. The summed E-state index contributed by atoms with van der Waals surface area (Å²) >= 11 is 0. The van der Waals surface area contributed by atoms with Crippen molar-refractivity contribution in [2.75, 3.05) is 32.7 Å². The predicted octanol–water partition coefficient (Wildman–Crippen LogP) is 4.07. The average Bonchev–Trinajstić information content (AvgIpc) is 2.61. The first-order valence-corrected chi connectivity index (χ1v) is 9.37. The van der Waals surface area contributed by atoms with Crippen molar-refractivity contribution in [3.8, 4) is 0 Å². The van der Waals surface area contributed by atoms with Gasteiger partial charge >= 0.3 is 0 Å². The Morgan fingerprint density at radius 3 is 2.42 bits per heavy atom. The minimum atomic E-state index is -0.344. The van der Waals surface area contributed by atoms with E-state index in [2.05, 4.69) is 16.7 Å². The van der Waals surface area contributed by atoms with Gasteiger partial charge in [-0.05, 0) is 64.0 Å². The van der Waals surface area contributed by atoms with E-state index in [9.17, 15) is 10.1 Å². The Balaban J connectivity index is 1.63. The van der Waals surface area contributed by atoms with Gasteiger partial charge in [0.1, 0.15) is 0 Å². The van der Waals surface area contributed by atoms with E-state index >= 15 is 0 Å². The zero-order valence-corrected chi connectivity index (χ0v) is 15.0. The average molecular weight is 333 g/mol. The zero-order chi connectivity index (χ0) is 17.2. The Labute approximate surface area is 145 Å². The molecule has 1 aliphatic heterocycles. The Hall–Kier alpha value is -1.46. The fraction of sp³-hybridized carbons (Fsp3) is 0.684. The molecule has 0 aliphatic carbocycles. The summed E-state index contributed by atoms with van der Waals surface area (Å²) in [4.78, 5) is 15.4. The van der Waals surface area contributed by atoms with Gasteiger partial charge in [0.25, 0.3) is 5.69 Å². The first-order chi connectivity index (χ1) is 11.7. The lowest BCUT2D eigenvalue weighted by atomic mass is 10.1. The van der Waals surface area contributed by atoms with Gasteiger partial charge < -0.3 is 4.90 Å². The molecule has 0 aromatic heterocycles. The van der Waals surface area contributed by atoms with E-state index in [1.54, 1.807) is 12.1 Å². The molecule has 0 bridgehead atoms. The van der Waals surface area contributed by atoms with E-state index in [1.807, 2.05) is 12.1 Å². The summed E-state index contributed by atoms with van der Waals surface area (Å²) in [6, 6.07) is 6.94. The van der Waals surface area contributed by atoms with Gasteiger partial charge in [0.2, 0.25) is 0 Å². The number of rotatable bonds is 10. The van der Waals surface area contributed by atoms with Crippen molar-refractivity contribution in [3.63, 3.8) is 0 Å². The number of benzene rings is 1. The largest absolute Gasteiger partial charge is 0.303 e. The van der Waals surface area contributed by atoms with Crippen LogP contribution in [0.4, 0.5) is 5.69 Å². The van der Waals surface area contributed by atoms with Crippen LogP contribution in [0.3, 0.4) is 0 Å². The monoisotopic (exact) mass is 333 g/mol. The third-order valence-corrected chi connectivity index (χ3v) is 4.90. The number of non-ortho nitro benzene ring substituents is 1. The number of nitro benzene ring substituents is 1. The minimum Gasteiger partial charge on any atom is -0.303 e. The van der Waals surface area contributed by atoms with Crippen LogP contribution in [0.5, 0.6) is 0 Å². The lowest BCUT2D eigenvalue weighted by Gasteiger charge is -2.26. The summed E-state index contributed by atoms with van der Waals surface area (Å²) in [7, 11) is 0. The van der Waals surface area contributed by atoms with Crippen LogP contribution in [0, 0.1) is 10.1 Å². The lowest BCUT2D eigenvalue weighted by Crippen LogP contribution is -2.30. The summed E-state index contributed by atoms with van der Waals surface area (Å²) in [5.74, 6) is 0. The number of nitro groups is 1. The van der Waals surface area contributed by atoms with E-state index in [-0.39, 0.29) is 10.6 Å². The Morgan fingerprint density at radius 1 is 1.08 bits per heavy atom. The van der Waals surface area contributed by atoms with Crippen LogP contribution in [0.2, 0.25) is 0 Å². The molecule has 0 spiro atoms. The highest BCUT2D eigenvalue weighted by molar-refractivity contribution is 5.32. The fourth-order valence-electron chi connectivity index (χ4n) is 3.36. The highest BCUT2D eigenvalue weighted by Gasteiger charge is 2.10. The number of unbranched alkanes of at least 4 members (excludes halogenated alkanes) is 2. The van der Waals surface area contributed by atoms with Crippen molar-refractivity contribution < 1.29 is 4.92 Å². The number of nitrogens with zero attached hydrogens (tertiary/aromatic N) is 3. The van der Waals surface area contributed by atoms with Crippen LogP contribution in [-0.2, 0) is 6.54 Å². The summed E-state index contributed by atoms with van der Waals surface area (Å²) in [5.41, 5.74) is 1.32. The number of piperidine rings is 1. The Morgan fingerprint density at radius 2 is 1.79 bits per heavy atom. The molecule has 0 saturated carbocycles. The molecule has 2 rings (SSSR count). The molecule has 1 aromatic carbocycles. The van der Waals surface area contributed by atoms with Crippen LogP contribution in [-0.4, -0.2) is 47.4 Å². The number of likely N-dealkylation sites (tertiary alicyclic amines) is 1. The molecule has 1 heterocycles. The van der Waals surface area contributed by atoms with Crippen LogP contribution in [0.15, 0.2) is 24.3 Å². The van der Waals surface area contributed by atoms with Crippen molar-refractivity contribution in [2.24, 2.45) is 0 Å². The maximum absolute atomic E-state index is 10.7. The number of hydrogen-bond acceptors (Lipinski definition) is 4. The summed E-state index contributed by atoms with van der Waals surface area (Å²) in [5, 5.41) is 10.7. The second-order valence-electron chi connectivity index (χ2n) is 6.76. The van der Waals surface area contributed by atoms with E-state index < -0.39 is 0 Å². The first kappa shape index (κ1) is 18.9. The van der Waals surface area contributed by atoms with Crippen molar-refractivity contribution in [3.05, 3.63) is 39.9 Å². The molecule has 24 heavy (non-hydrogen) atoms. The van der Waals surface area contributed by atoms with Gasteiger partial charge in [-0.2, -0.15) is 0 Å². The van der Waals surface area contributed by atoms with Gasteiger partial charge in [-0.25, -0.2) is 0 Å². The topological polar surface area (TPSA) is 49.6 Å². The zero-order valence-electron chi connectivity index (χ0n) is 15.0. The van der Waals surface area contributed by atoms with Crippen molar-refractivity contribution >= 4 is 5.69 Å². The van der Waals surface area contributed by atoms with Gasteiger partial charge in [-0.15, -0.1) is 0 Å². The van der Waals surface area contributed by atoms with Crippen molar-refractivity contribution in [2.45, 2.75) is 52.0 Å². The molecule has 1 aliphatic rings. The van der Waals surface area contributed by atoms with Gasteiger partial charge in [0, 0.05) is 18.7 Å². The van der Waals surface area contributed by atoms with Crippen LogP contribution in [0.25, 0.3) is 0 Å². The number of hydrogen-bond donors (Lipinski definition) is 0. The summed E-state index contributed by atoms with van der Waals surface area (Å²) in [6.45, 7) is 9.02. The van der Waals surface area contributed by atoms with E-state index in [1.165, 1.54) is 58.2 Å². The van der Waals surface area contributed by atoms with Gasteiger partial charge in [-0.1, -0.05) is 31.9 Å². The highest BCUT2D eigenvalue weighted by Crippen LogP contribution is 2.14. The quantitative estimate of drug-likeness (QED) is 0.368. The third kappa shape index (κ3) is 6.57. The molecule has 0 amide bonds. The molecule has 1 fully saturated rings. The summed E-state index contributed by atoms with van der Waals surface area (Å²) in [6.07, 6.45) is 7.97. The molecule has 134 valence electrons. The predicted molar refractivity (Wildman–Crippen MR) is 98.2 cm³/mol. The Bertz CT molecular complexity index is 484. The van der Waals surface area contributed by atoms with Crippen molar-refractivity contribution in [1.82, 2.24) is 9.80 Å². The first-order valence-electron chi connectivity index (χ1n) is 9.37. The lowest BCUT2D eigenvalue weighted by molar-refractivity contribution is -0.384. The van der Waals surface area contributed by atoms with E-state index in [0.29, 0.717) is 0 Å². The summed E-state index contributed by atoms with van der Waals surface area (Å²) < 4.78 is 0. The molecular formula is C19H31N3O2. The molecule has 1 saturated heterocycles.